The summed E-state index contributed by atoms with van der Waals surface area (Å²) in [6.07, 6.45) is 1.12. The van der Waals surface area contributed by atoms with Crippen LogP contribution >= 0.6 is 0 Å². The Hall–Kier alpha value is -2.05. The van der Waals surface area contributed by atoms with Crippen molar-refractivity contribution in [1.82, 2.24) is 15.4 Å². The standard InChI is InChI=1S/C9H11N3O4/c1-3-15-8(13)6-5-10-12-11-7(6)9(14)16-4-2/h5H,3-4H2,1-2H3. The highest BCUT2D eigenvalue weighted by Crippen LogP contribution is 2.06. The maximum absolute atomic E-state index is 11.4. The van der Waals surface area contributed by atoms with E-state index in [0.717, 1.165) is 6.20 Å². The van der Waals surface area contributed by atoms with Crippen LogP contribution in [0.1, 0.15) is 34.7 Å². The molecule has 16 heavy (non-hydrogen) atoms. The Kier molecular flexibility index (Phi) is 4.31. The third-order valence-corrected chi connectivity index (χ3v) is 1.60. The van der Waals surface area contributed by atoms with E-state index < -0.39 is 11.9 Å². The summed E-state index contributed by atoms with van der Waals surface area (Å²) in [5.41, 5.74) is -0.231. The molecule has 1 aromatic rings. The average molecular weight is 225 g/mol. The van der Waals surface area contributed by atoms with Crippen LogP contribution in [0.2, 0.25) is 0 Å². The van der Waals surface area contributed by atoms with Crippen molar-refractivity contribution in [3.8, 4) is 0 Å². The fourth-order valence-electron chi connectivity index (χ4n) is 0.978. The molecular weight excluding hydrogens is 214 g/mol. The number of carbonyl (C=O) groups is 2. The van der Waals surface area contributed by atoms with Crippen LogP contribution in [0.25, 0.3) is 0 Å². The van der Waals surface area contributed by atoms with Gasteiger partial charge in [0.1, 0.15) is 5.56 Å². The Balaban J connectivity index is 3.00. The van der Waals surface area contributed by atoms with E-state index in [-0.39, 0.29) is 24.5 Å². The summed E-state index contributed by atoms with van der Waals surface area (Å²) in [4.78, 5) is 22.9. The van der Waals surface area contributed by atoms with Crippen molar-refractivity contribution >= 4 is 11.9 Å². The van der Waals surface area contributed by atoms with Crippen LogP contribution in [0.15, 0.2) is 6.20 Å². The van der Waals surface area contributed by atoms with Crippen molar-refractivity contribution < 1.29 is 19.1 Å². The molecule has 0 N–H and O–H groups in total. The van der Waals surface area contributed by atoms with Gasteiger partial charge in [-0.2, -0.15) is 0 Å². The van der Waals surface area contributed by atoms with Gasteiger partial charge in [0.2, 0.25) is 0 Å². The molecule has 0 aliphatic rings. The highest BCUT2D eigenvalue weighted by Gasteiger charge is 2.21. The van der Waals surface area contributed by atoms with Crippen LogP contribution < -0.4 is 0 Å². The van der Waals surface area contributed by atoms with Gasteiger partial charge >= 0.3 is 11.9 Å². The largest absolute Gasteiger partial charge is 0.462 e. The van der Waals surface area contributed by atoms with Gasteiger partial charge in [-0.1, -0.05) is 0 Å². The van der Waals surface area contributed by atoms with Gasteiger partial charge in [-0.15, -0.1) is 10.2 Å². The lowest BCUT2D eigenvalue weighted by molar-refractivity contribution is 0.0470. The number of carbonyl (C=O) groups excluding carboxylic acids is 2. The van der Waals surface area contributed by atoms with Crippen LogP contribution in [0.5, 0.6) is 0 Å². The second kappa shape index (κ2) is 5.74. The Labute approximate surface area is 91.8 Å². The van der Waals surface area contributed by atoms with Crippen LogP contribution in [-0.2, 0) is 9.47 Å². The minimum Gasteiger partial charge on any atom is -0.462 e. The maximum atomic E-state index is 11.4. The van der Waals surface area contributed by atoms with Gasteiger partial charge in [0, 0.05) is 0 Å². The zero-order valence-electron chi connectivity index (χ0n) is 8.97. The van der Waals surface area contributed by atoms with Crippen molar-refractivity contribution in [3.63, 3.8) is 0 Å². The van der Waals surface area contributed by atoms with E-state index in [4.69, 9.17) is 9.47 Å². The first-order chi connectivity index (χ1) is 7.70. The lowest BCUT2D eigenvalue weighted by Crippen LogP contribution is -2.17. The number of hydrogen-bond acceptors (Lipinski definition) is 7. The predicted molar refractivity (Wildman–Crippen MR) is 51.7 cm³/mol. The summed E-state index contributed by atoms with van der Waals surface area (Å²) in [5.74, 6) is -1.39. The van der Waals surface area contributed by atoms with Crippen molar-refractivity contribution in [1.29, 1.82) is 0 Å². The summed E-state index contributed by atoms with van der Waals surface area (Å²) in [6.45, 7) is 3.69. The molecule has 0 atom stereocenters. The number of aromatic nitrogens is 3. The monoisotopic (exact) mass is 225 g/mol. The van der Waals surface area contributed by atoms with Crippen LogP contribution in [0.4, 0.5) is 0 Å². The zero-order valence-corrected chi connectivity index (χ0v) is 8.97. The van der Waals surface area contributed by atoms with Crippen molar-refractivity contribution in [2.45, 2.75) is 13.8 Å². The maximum Gasteiger partial charge on any atom is 0.359 e. The summed E-state index contributed by atoms with van der Waals surface area (Å²) in [6, 6.07) is 0. The lowest BCUT2D eigenvalue weighted by Gasteiger charge is -2.05. The van der Waals surface area contributed by atoms with Gasteiger partial charge < -0.3 is 9.47 Å². The molecule has 0 aliphatic carbocycles. The van der Waals surface area contributed by atoms with Crippen molar-refractivity contribution in [2.75, 3.05) is 13.2 Å². The average Bonchev–Trinajstić information content (AvgIpc) is 2.30. The van der Waals surface area contributed by atoms with Gasteiger partial charge in [0.15, 0.2) is 5.69 Å². The molecule has 1 rings (SSSR count). The number of rotatable bonds is 4. The molecule has 0 spiro atoms. The SMILES string of the molecule is CCOC(=O)c1cnnnc1C(=O)OCC. The first-order valence-corrected chi connectivity index (χ1v) is 4.73. The number of esters is 2. The molecule has 0 aliphatic heterocycles. The van der Waals surface area contributed by atoms with E-state index in [9.17, 15) is 9.59 Å². The van der Waals surface area contributed by atoms with Gasteiger partial charge in [-0.05, 0) is 19.1 Å². The summed E-state index contributed by atoms with van der Waals surface area (Å²) < 4.78 is 9.46. The molecule has 0 radical (unpaired) electrons. The zero-order chi connectivity index (χ0) is 12.0. The van der Waals surface area contributed by atoms with Gasteiger partial charge in [0.05, 0.1) is 19.4 Å². The first kappa shape index (κ1) is 12.0. The smallest absolute Gasteiger partial charge is 0.359 e. The molecule has 0 saturated heterocycles. The molecule has 0 bridgehead atoms. The molecular formula is C9H11N3O4. The fourth-order valence-corrected chi connectivity index (χ4v) is 0.978. The van der Waals surface area contributed by atoms with E-state index in [0.29, 0.717) is 0 Å². The Morgan fingerprint density at radius 3 is 2.44 bits per heavy atom. The van der Waals surface area contributed by atoms with E-state index in [1.54, 1.807) is 13.8 Å². The fraction of sp³-hybridized carbons (Fsp3) is 0.444. The van der Waals surface area contributed by atoms with Crippen LogP contribution in [0.3, 0.4) is 0 Å². The Morgan fingerprint density at radius 2 is 1.81 bits per heavy atom. The van der Waals surface area contributed by atoms with Crippen molar-refractivity contribution in [3.05, 3.63) is 17.5 Å². The number of ether oxygens (including phenoxy) is 2. The molecule has 0 amide bonds. The van der Waals surface area contributed by atoms with Gasteiger partial charge in [0.25, 0.3) is 0 Å². The lowest BCUT2D eigenvalue weighted by atomic mass is 10.2. The Morgan fingerprint density at radius 1 is 1.19 bits per heavy atom. The Bertz CT molecular complexity index is 357. The summed E-state index contributed by atoms with van der Waals surface area (Å²) >= 11 is 0. The molecule has 0 fully saturated rings. The third-order valence-electron chi connectivity index (χ3n) is 1.60. The highest BCUT2D eigenvalue weighted by atomic mass is 16.5. The minimum absolute atomic E-state index is 0.0460. The quantitative estimate of drug-likeness (QED) is 0.677. The molecule has 7 nitrogen and oxygen atoms in total. The third kappa shape index (κ3) is 2.72. The minimum atomic E-state index is -0.722. The normalized spacial score (nSPS) is 9.62. The summed E-state index contributed by atoms with van der Waals surface area (Å²) in [7, 11) is 0. The second-order valence-corrected chi connectivity index (χ2v) is 2.64. The second-order valence-electron chi connectivity index (χ2n) is 2.64. The van der Waals surface area contributed by atoms with E-state index in [1.165, 1.54) is 0 Å². The number of nitrogens with zero attached hydrogens (tertiary/aromatic N) is 3. The van der Waals surface area contributed by atoms with E-state index >= 15 is 0 Å². The van der Waals surface area contributed by atoms with E-state index in [2.05, 4.69) is 15.4 Å². The molecule has 1 heterocycles. The molecule has 1 aromatic heterocycles. The summed E-state index contributed by atoms with van der Waals surface area (Å²) in [5, 5.41) is 10.2. The number of hydrogen-bond donors (Lipinski definition) is 0. The van der Waals surface area contributed by atoms with Crippen LogP contribution in [-0.4, -0.2) is 40.6 Å². The van der Waals surface area contributed by atoms with Gasteiger partial charge in [-0.25, -0.2) is 9.59 Å². The molecule has 0 saturated carbocycles. The molecule has 86 valence electrons. The molecule has 7 heteroatoms. The molecule has 0 aromatic carbocycles. The topological polar surface area (TPSA) is 91.3 Å². The van der Waals surface area contributed by atoms with Crippen LogP contribution in [0, 0.1) is 0 Å². The molecule has 0 unspecified atom stereocenters. The predicted octanol–water partition coefficient (Wildman–Crippen LogP) is 0.225. The van der Waals surface area contributed by atoms with Crippen molar-refractivity contribution in [2.24, 2.45) is 0 Å². The highest BCUT2D eigenvalue weighted by molar-refractivity contribution is 6.01. The van der Waals surface area contributed by atoms with Gasteiger partial charge in [-0.3, -0.25) is 0 Å². The first-order valence-electron chi connectivity index (χ1n) is 4.73. The van der Waals surface area contributed by atoms with E-state index in [1.807, 2.05) is 0 Å².